The summed E-state index contributed by atoms with van der Waals surface area (Å²) in [6, 6.07) is 2.83. The van der Waals surface area contributed by atoms with Crippen LogP contribution in [0.2, 0.25) is 0 Å². The number of nitrogens with one attached hydrogen (secondary N) is 1. The molecule has 0 fully saturated rings. The molecule has 2 N–H and O–H groups in total. The Labute approximate surface area is 111 Å². The molecule has 104 valence electrons. The highest BCUT2D eigenvalue weighted by Crippen LogP contribution is 2.14. The van der Waals surface area contributed by atoms with Crippen molar-refractivity contribution in [3.05, 3.63) is 23.9 Å². The highest BCUT2D eigenvalue weighted by Gasteiger charge is 2.19. The third kappa shape index (κ3) is 4.57. The average molecular weight is 266 g/mol. The number of hydrogen-bond acceptors (Lipinski definition) is 4. The van der Waals surface area contributed by atoms with Crippen molar-refractivity contribution in [2.24, 2.45) is 0 Å². The van der Waals surface area contributed by atoms with E-state index in [4.69, 9.17) is 9.84 Å². The molecule has 1 heterocycles. The van der Waals surface area contributed by atoms with E-state index in [1.54, 1.807) is 12.1 Å². The first-order valence-corrected chi connectivity index (χ1v) is 6.10. The number of carbonyl (C=O) groups is 2. The highest BCUT2D eigenvalue weighted by atomic mass is 16.5. The Morgan fingerprint density at radius 2 is 2.26 bits per heavy atom. The summed E-state index contributed by atoms with van der Waals surface area (Å²) in [5.74, 6) is -1.08. The number of amides is 1. The second kappa shape index (κ2) is 7.35. The van der Waals surface area contributed by atoms with Crippen LogP contribution in [0.1, 0.15) is 36.5 Å². The van der Waals surface area contributed by atoms with Crippen molar-refractivity contribution in [2.45, 2.75) is 32.2 Å². The van der Waals surface area contributed by atoms with Gasteiger partial charge in [-0.25, -0.2) is 4.98 Å². The van der Waals surface area contributed by atoms with E-state index in [1.165, 1.54) is 13.3 Å². The van der Waals surface area contributed by atoms with Crippen LogP contribution in [0, 0.1) is 0 Å². The number of carboxylic acids is 1. The molecule has 1 amide bonds. The predicted molar refractivity (Wildman–Crippen MR) is 69.2 cm³/mol. The third-order valence-electron chi connectivity index (χ3n) is 2.60. The zero-order valence-electron chi connectivity index (χ0n) is 11.0. The van der Waals surface area contributed by atoms with Gasteiger partial charge in [0.25, 0.3) is 5.91 Å². The Morgan fingerprint density at radius 1 is 1.53 bits per heavy atom. The zero-order chi connectivity index (χ0) is 14.3. The first kappa shape index (κ1) is 14.9. The molecular formula is C13H18N2O4. The van der Waals surface area contributed by atoms with Gasteiger partial charge in [-0.05, 0) is 18.6 Å². The van der Waals surface area contributed by atoms with Gasteiger partial charge in [-0.15, -0.1) is 0 Å². The molecule has 0 spiro atoms. The molecule has 1 rings (SSSR count). The van der Waals surface area contributed by atoms with Crippen molar-refractivity contribution in [3.8, 4) is 5.88 Å². The number of carboxylic acid groups (broad SMARTS) is 1. The van der Waals surface area contributed by atoms with Crippen molar-refractivity contribution in [2.75, 3.05) is 7.11 Å². The summed E-state index contributed by atoms with van der Waals surface area (Å²) >= 11 is 0. The monoisotopic (exact) mass is 266 g/mol. The highest BCUT2D eigenvalue weighted by molar-refractivity contribution is 5.96. The van der Waals surface area contributed by atoms with E-state index in [9.17, 15) is 9.59 Å². The number of methoxy groups -OCH3 is 1. The van der Waals surface area contributed by atoms with Crippen LogP contribution >= 0.6 is 0 Å². The van der Waals surface area contributed by atoms with Crippen LogP contribution in [-0.2, 0) is 4.79 Å². The number of pyridine rings is 1. The summed E-state index contributed by atoms with van der Waals surface area (Å²) in [4.78, 5) is 26.7. The molecule has 1 atom stereocenters. The van der Waals surface area contributed by atoms with Gasteiger partial charge in [-0.3, -0.25) is 9.59 Å². The first-order valence-electron chi connectivity index (χ1n) is 6.10. The average Bonchev–Trinajstić information content (AvgIpc) is 2.38. The SMILES string of the molecule is CCCC(CC(=O)O)NC(=O)c1cccnc1OC. The van der Waals surface area contributed by atoms with Crippen LogP contribution in [0.4, 0.5) is 0 Å². The van der Waals surface area contributed by atoms with Gasteiger partial charge in [0.15, 0.2) is 0 Å². The minimum atomic E-state index is -0.933. The summed E-state index contributed by atoms with van der Waals surface area (Å²) in [7, 11) is 1.43. The number of carbonyl (C=O) groups excluding carboxylic acids is 1. The molecule has 0 saturated carbocycles. The molecule has 1 aromatic rings. The Bertz CT molecular complexity index is 448. The summed E-state index contributed by atoms with van der Waals surface area (Å²) in [5, 5.41) is 11.5. The minimum Gasteiger partial charge on any atom is -0.481 e. The zero-order valence-corrected chi connectivity index (χ0v) is 11.0. The summed E-state index contributed by atoms with van der Waals surface area (Å²) in [6.07, 6.45) is 2.83. The van der Waals surface area contributed by atoms with E-state index in [0.29, 0.717) is 12.0 Å². The third-order valence-corrected chi connectivity index (χ3v) is 2.60. The lowest BCUT2D eigenvalue weighted by molar-refractivity contribution is -0.137. The molecule has 0 saturated heterocycles. The molecule has 19 heavy (non-hydrogen) atoms. The Morgan fingerprint density at radius 3 is 2.84 bits per heavy atom. The number of rotatable bonds is 7. The lowest BCUT2D eigenvalue weighted by Gasteiger charge is -2.16. The van der Waals surface area contributed by atoms with Crippen LogP contribution in [0.15, 0.2) is 18.3 Å². The van der Waals surface area contributed by atoms with Crippen LogP contribution in [-0.4, -0.2) is 35.1 Å². The first-order chi connectivity index (χ1) is 9.08. The lowest BCUT2D eigenvalue weighted by atomic mass is 10.1. The van der Waals surface area contributed by atoms with Gasteiger partial charge in [0, 0.05) is 12.2 Å². The molecule has 0 aliphatic heterocycles. The van der Waals surface area contributed by atoms with E-state index >= 15 is 0 Å². The van der Waals surface area contributed by atoms with Crippen molar-refractivity contribution < 1.29 is 19.4 Å². The molecule has 0 aromatic carbocycles. The van der Waals surface area contributed by atoms with E-state index < -0.39 is 5.97 Å². The standard InChI is InChI=1S/C13H18N2O4/c1-3-5-9(8-11(16)17)15-12(18)10-6-4-7-14-13(10)19-2/h4,6-7,9H,3,5,8H2,1-2H3,(H,15,18)(H,16,17). The van der Waals surface area contributed by atoms with E-state index in [-0.39, 0.29) is 24.2 Å². The fourth-order valence-corrected chi connectivity index (χ4v) is 1.77. The van der Waals surface area contributed by atoms with Gasteiger partial charge >= 0.3 is 5.97 Å². The second-order valence-electron chi connectivity index (χ2n) is 4.12. The Hall–Kier alpha value is -2.11. The van der Waals surface area contributed by atoms with Gasteiger partial charge in [0.2, 0.25) is 5.88 Å². The smallest absolute Gasteiger partial charge is 0.305 e. The van der Waals surface area contributed by atoms with Gasteiger partial charge in [-0.1, -0.05) is 13.3 Å². The second-order valence-corrected chi connectivity index (χ2v) is 4.12. The van der Waals surface area contributed by atoms with Crippen LogP contribution < -0.4 is 10.1 Å². The van der Waals surface area contributed by atoms with Crippen molar-refractivity contribution >= 4 is 11.9 Å². The molecule has 6 heteroatoms. The molecule has 0 radical (unpaired) electrons. The maximum atomic E-state index is 12.1. The van der Waals surface area contributed by atoms with E-state index in [2.05, 4.69) is 10.3 Å². The molecule has 0 aliphatic carbocycles. The molecule has 1 aromatic heterocycles. The van der Waals surface area contributed by atoms with Crippen LogP contribution in [0.5, 0.6) is 5.88 Å². The quantitative estimate of drug-likeness (QED) is 0.780. The fourth-order valence-electron chi connectivity index (χ4n) is 1.77. The molecule has 0 aliphatic rings. The largest absolute Gasteiger partial charge is 0.481 e. The topological polar surface area (TPSA) is 88.5 Å². The van der Waals surface area contributed by atoms with Crippen molar-refractivity contribution in [1.29, 1.82) is 0 Å². The maximum absolute atomic E-state index is 12.1. The molecule has 6 nitrogen and oxygen atoms in total. The minimum absolute atomic E-state index is 0.0951. The van der Waals surface area contributed by atoms with Crippen molar-refractivity contribution in [3.63, 3.8) is 0 Å². The van der Waals surface area contributed by atoms with E-state index in [0.717, 1.165) is 6.42 Å². The van der Waals surface area contributed by atoms with Gasteiger partial charge < -0.3 is 15.2 Å². The van der Waals surface area contributed by atoms with E-state index in [1.807, 2.05) is 6.92 Å². The van der Waals surface area contributed by atoms with Gasteiger partial charge in [0.05, 0.1) is 13.5 Å². The molecular weight excluding hydrogens is 248 g/mol. The predicted octanol–water partition coefficient (Wildman–Crippen LogP) is 1.46. The molecule has 0 bridgehead atoms. The molecule has 1 unspecified atom stereocenters. The summed E-state index contributed by atoms with van der Waals surface area (Å²) in [6.45, 7) is 1.94. The normalized spacial score (nSPS) is 11.7. The number of aliphatic carboxylic acids is 1. The van der Waals surface area contributed by atoms with Crippen molar-refractivity contribution in [1.82, 2.24) is 10.3 Å². The summed E-state index contributed by atoms with van der Waals surface area (Å²) in [5.41, 5.74) is 0.302. The number of nitrogens with zero attached hydrogens (tertiary/aromatic N) is 1. The van der Waals surface area contributed by atoms with Crippen LogP contribution in [0.3, 0.4) is 0 Å². The number of hydrogen-bond donors (Lipinski definition) is 2. The fraction of sp³-hybridized carbons (Fsp3) is 0.462. The van der Waals surface area contributed by atoms with Gasteiger partial charge in [-0.2, -0.15) is 0 Å². The maximum Gasteiger partial charge on any atom is 0.305 e. The Balaban J connectivity index is 2.78. The van der Waals surface area contributed by atoms with Crippen LogP contribution in [0.25, 0.3) is 0 Å². The summed E-state index contributed by atoms with van der Waals surface area (Å²) < 4.78 is 5.00. The lowest BCUT2D eigenvalue weighted by Crippen LogP contribution is -2.36. The number of aromatic nitrogens is 1. The van der Waals surface area contributed by atoms with Gasteiger partial charge in [0.1, 0.15) is 5.56 Å². The Kier molecular flexibility index (Phi) is 5.78. The number of ether oxygens (including phenoxy) is 1.